The van der Waals surface area contributed by atoms with Crippen LogP contribution in [0.1, 0.15) is 36.0 Å². The van der Waals surface area contributed by atoms with E-state index in [0.29, 0.717) is 23.4 Å². The fraction of sp³-hybridized carbons (Fsp3) is 0.333. The number of amides is 1. The van der Waals surface area contributed by atoms with Crippen LogP contribution in [0.5, 0.6) is 0 Å². The molecule has 8 nitrogen and oxygen atoms in total. The number of hydrogen-bond donors (Lipinski definition) is 4. The van der Waals surface area contributed by atoms with Crippen LogP contribution in [-0.2, 0) is 0 Å². The molecule has 29 heavy (non-hydrogen) atoms. The van der Waals surface area contributed by atoms with Crippen molar-refractivity contribution in [2.45, 2.75) is 37.3 Å². The van der Waals surface area contributed by atoms with Gasteiger partial charge in [-0.05, 0) is 43.7 Å². The van der Waals surface area contributed by atoms with Gasteiger partial charge in [0, 0.05) is 23.2 Å². The number of nitrogens with zero attached hydrogens (tertiary/aromatic N) is 3. The fourth-order valence-electron chi connectivity index (χ4n) is 3.76. The van der Waals surface area contributed by atoms with Crippen LogP contribution in [0.4, 0.5) is 17.5 Å². The highest BCUT2D eigenvalue weighted by atomic mass is 16.1. The van der Waals surface area contributed by atoms with E-state index < -0.39 is 5.91 Å². The van der Waals surface area contributed by atoms with Crippen LogP contribution in [0.15, 0.2) is 42.7 Å². The van der Waals surface area contributed by atoms with Gasteiger partial charge in [-0.3, -0.25) is 9.78 Å². The molecule has 1 atom stereocenters. The number of anilines is 3. The second-order valence-electron chi connectivity index (χ2n) is 8.05. The molecule has 148 valence electrons. The molecule has 0 spiro atoms. The second-order valence-corrected chi connectivity index (χ2v) is 8.05. The van der Waals surface area contributed by atoms with Gasteiger partial charge < -0.3 is 22.1 Å². The van der Waals surface area contributed by atoms with Gasteiger partial charge in [0.05, 0.1) is 17.4 Å². The van der Waals surface area contributed by atoms with Crippen molar-refractivity contribution < 1.29 is 4.79 Å². The Morgan fingerprint density at radius 3 is 2.69 bits per heavy atom. The minimum absolute atomic E-state index is 0.150. The largest absolute Gasteiger partial charge is 0.365 e. The molecule has 0 aliphatic heterocycles. The maximum Gasteiger partial charge on any atom is 0.254 e. The molecule has 0 saturated heterocycles. The van der Waals surface area contributed by atoms with Crippen molar-refractivity contribution in [3.63, 3.8) is 0 Å². The zero-order valence-electron chi connectivity index (χ0n) is 15.9. The van der Waals surface area contributed by atoms with E-state index in [1.54, 1.807) is 6.20 Å². The van der Waals surface area contributed by atoms with E-state index in [4.69, 9.17) is 11.5 Å². The molecule has 8 heteroatoms. The first-order chi connectivity index (χ1) is 14.0. The average molecular weight is 389 g/mol. The summed E-state index contributed by atoms with van der Waals surface area (Å²) >= 11 is 0. The monoisotopic (exact) mass is 389 g/mol. The molecule has 2 aromatic heterocycles. The smallest absolute Gasteiger partial charge is 0.254 e. The van der Waals surface area contributed by atoms with Gasteiger partial charge in [0.15, 0.2) is 0 Å². The minimum Gasteiger partial charge on any atom is -0.365 e. The first-order valence-corrected chi connectivity index (χ1v) is 9.86. The van der Waals surface area contributed by atoms with Crippen molar-refractivity contribution in [3.8, 4) is 0 Å². The lowest BCUT2D eigenvalue weighted by molar-refractivity contribution is 0.100. The highest BCUT2D eigenvalue weighted by Crippen LogP contribution is 2.47. The van der Waals surface area contributed by atoms with E-state index in [1.165, 1.54) is 19.0 Å². The summed E-state index contributed by atoms with van der Waals surface area (Å²) in [6, 6.07) is 9.92. The van der Waals surface area contributed by atoms with Crippen molar-refractivity contribution >= 4 is 34.3 Å². The van der Waals surface area contributed by atoms with E-state index in [-0.39, 0.29) is 17.1 Å². The normalized spacial score (nSPS) is 18.2. The molecule has 1 aromatic carbocycles. The molecule has 3 aromatic rings. The highest BCUT2D eigenvalue weighted by molar-refractivity contribution is 5.98. The number of nitrogens with one attached hydrogen (secondary N) is 2. The highest BCUT2D eigenvalue weighted by Gasteiger charge is 2.52. The summed E-state index contributed by atoms with van der Waals surface area (Å²) in [6.45, 7) is 0. The zero-order valence-corrected chi connectivity index (χ0v) is 15.9. The summed E-state index contributed by atoms with van der Waals surface area (Å²) < 4.78 is 0. The number of nitrogens with two attached hydrogens (primary N) is 2. The molecule has 1 amide bonds. The van der Waals surface area contributed by atoms with Gasteiger partial charge in [-0.25, -0.2) is 4.98 Å². The van der Waals surface area contributed by atoms with E-state index in [0.717, 1.165) is 23.7 Å². The van der Waals surface area contributed by atoms with Crippen LogP contribution in [0.2, 0.25) is 0 Å². The summed E-state index contributed by atoms with van der Waals surface area (Å²) in [6.07, 6.45) is 7.51. The Kier molecular flexibility index (Phi) is 4.09. The van der Waals surface area contributed by atoms with Gasteiger partial charge in [-0.1, -0.05) is 18.2 Å². The first-order valence-electron chi connectivity index (χ1n) is 9.86. The van der Waals surface area contributed by atoms with Crippen molar-refractivity contribution in [2.24, 2.45) is 17.4 Å². The zero-order chi connectivity index (χ0) is 20.0. The molecule has 5 rings (SSSR count). The summed E-state index contributed by atoms with van der Waals surface area (Å²) in [5.41, 5.74) is 13.6. The molecule has 0 unspecified atom stereocenters. The van der Waals surface area contributed by atoms with E-state index in [9.17, 15) is 4.79 Å². The molecule has 2 aliphatic rings. The number of primary amides is 1. The Morgan fingerprint density at radius 1 is 1.17 bits per heavy atom. The van der Waals surface area contributed by atoms with Gasteiger partial charge in [0.1, 0.15) is 11.4 Å². The number of pyridine rings is 1. The molecule has 0 bridgehead atoms. The number of fused-ring (bicyclic) bond motifs is 1. The van der Waals surface area contributed by atoms with Gasteiger partial charge in [-0.2, -0.15) is 4.98 Å². The quantitative estimate of drug-likeness (QED) is 0.488. The molecule has 0 radical (unpaired) electrons. The number of rotatable bonds is 7. The molecule has 6 N–H and O–H groups in total. The third kappa shape index (κ3) is 3.58. The standard InChI is InChI=1S/C21H23N7O/c22-18(29)15-11-25-20(27-17(12-5-6-12)21(23)7-8-21)28-19(15)26-14-9-13-3-1-2-4-16(13)24-10-14/h1-4,9-12,17H,5-8,23H2,(H2,22,29)(H2,25,26,27,28)/t17-/m1/s1. The third-order valence-electron chi connectivity index (χ3n) is 5.73. The van der Waals surface area contributed by atoms with Crippen molar-refractivity contribution in [2.75, 3.05) is 10.6 Å². The Balaban J connectivity index is 1.45. The van der Waals surface area contributed by atoms with E-state index in [2.05, 4.69) is 25.6 Å². The number of para-hydroxylation sites is 1. The SMILES string of the molecule is NC(=O)c1cnc(N[C@H](C2CC2)C2(N)CC2)nc1Nc1cnc2ccccc2c1. The number of carbonyl (C=O) groups excluding carboxylic acids is 1. The lowest BCUT2D eigenvalue weighted by Gasteiger charge is -2.25. The van der Waals surface area contributed by atoms with Gasteiger partial charge in [0.2, 0.25) is 5.95 Å². The number of carbonyl (C=O) groups is 1. The molecular formula is C21H23N7O. The molecule has 2 fully saturated rings. The Bertz CT molecular complexity index is 1090. The maximum atomic E-state index is 11.9. The molecular weight excluding hydrogens is 366 g/mol. The Hall–Kier alpha value is -3.26. The number of hydrogen-bond acceptors (Lipinski definition) is 7. The molecule has 2 saturated carbocycles. The second kappa shape index (κ2) is 6.66. The lowest BCUT2D eigenvalue weighted by Crippen LogP contribution is -2.44. The Labute approximate surface area is 168 Å². The van der Waals surface area contributed by atoms with E-state index in [1.807, 2.05) is 30.3 Å². The topological polar surface area (TPSA) is 132 Å². The van der Waals surface area contributed by atoms with Gasteiger partial charge in [-0.15, -0.1) is 0 Å². The first kappa shape index (κ1) is 17.8. The van der Waals surface area contributed by atoms with Crippen molar-refractivity contribution in [1.82, 2.24) is 15.0 Å². The van der Waals surface area contributed by atoms with Gasteiger partial charge in [0.25, 0.3) is 5.91 Å². The Morgan fingerprint density at radius 2 is 1.97 bits per heavy atom. The van der Waals surface area contributed by atoms with Crippen LogP contribution in [-0.4, -0.2) is 32.4 Å². The fourth-order valence-corrected chi connectivity index (χ4v) is 3.76. The predicted octanol–water partition coefficient (Wildman–Crippen LogP) is 2.55. The molecule has 2 aliphatic carbocycles. The number of benzene rings is 1. The van der Waals surface area contributed by atoms with Crippen LogP contribution in [0, 0.1) is 5.92 Å². The average Bonchev–Trinajstić information content (AvgIpc) is 3.63. The van der Waals surface area contributed by atoms with Crippen LogP contribution < -0.4 is 22.1 Å². The van der Waals surface area contributed by atoms with Crippen LogP contribution in [0.3, 0.4) is 0 Å². The van der Waals surface area contributed by atoms with Crippen LogP contribution >= 0.6 is 0 Å². The maximum absolute atomic E-state index is 11.9. The predicted molar refractivity (Wildman–Crippen MR) is 112 cm³/mol. The summed E-state index contributed by atoms with van der Waals surface area (Å²) in [5.74, 6) is 0.760. The van der Waals surface area contributed by atoms with E-state index >= 15 is 0 Å². The number of aromatic nitrogens is 3. The van der Waals surface area contributed by atoms with Crippen LogP contribution in [0.25, 0.3) is 10.9 Å². The molecule has 2 heterocycles. The third-order valence-corrected chi connectivity index (χ3v) is 5.73. The minimum atomic E-state index is -0.593. The summed E-state index contributed by atoms with van der Waals surface area (Å²) in [4.78, 5) is 25.2. The summed E-state index contributed by atoms with van der Waals surface area (Å²) in [5, 5.41) is 7.57. The van der Waals surface area contributed by atoms with Crippen molar-refractivity contribution in [3.05, 3.63) is 48.3 Å². The summed E-state index contributed by atoms with van der Waals surface area (Å²) in [7, 11) is 0. The van der Waals surface area contributed by atoms with Crippen molar-refractivity contribution in [1.29, 1.82) is 0 Å². The van der Waals surface area contributed by atoms with Gasteiger partial charge >= 0.3 is 0 Å². The lowest BCUT2D eigenvalue weighted by atomic mass is 10.0.